The summed E-state index contributed by atoms with van der Waals surface area (Å²) in [5.74, 6) is -1.05. The molecule has 0 unspecified atom stereocenters. The van der Waals surface area contributed by atoms with E-state index in [0.717, 1.165) is 47.9 Å². The molecule has 0 aromatic heterocycles. The number of carbonyl (C=O) groups excluding carboxylic acids is 2. The molecule has 0 spiro atoms. The fourth-order valence-electron chi connectivity index (χ4n) is 4.29. The number of amides is 1. The van der Waals surface area contributed by atoms with E-state index in [4.69, 9.17) is 0 Å². The Hall–Kier alpha value is -2.40. The number of hydrogen-bond acceptors (Lipinski definition) is 3. The van der Waals surface area contributed by atoms with E-state index >= 15 is 0 Å². The Morgan fingerprint density at radius 2 is 1.38 bits per heavy atom. The zero-order valence-electron chi connectivity index (χ0n) is 20.5. The van der Waals surface area contributed by atoms with E-state index < -0.39 is 5.97 Å². The fraction of sp³-hybridized carbons (Fsp3) is 0.310. The van der Waals surface area contributed by atoms with Gasteiger partial charge >= 0.3 is 29.6 Å². The van der Waals surface area contributed by atoms with Crippen molar-refractivity contribution >= 4 is 11.9 Å². The van der Waals surface area contributed by atoms with E-state index in [1.54, 1.807) is 12.1 Å². The van der Waals surface area contributed by atoms with Gasteiger partial charge in [-0.2, -0.15) is 0 Å². The molecule has 34 heavy (non-hydrogen) atoms. The molecule has 0 saturated carbocycles. The van der Waals surface area contributed by atoms with Crippen molar-refractivity contribution in [3.05, 3.63) is 95.6 Å². The second-order valence-electron chi connectivity index (χ2n) is 8.48. The van der Waals surface area contributed by atoms with Gasteiger partial charge in [-0.3, -0.25) is 4.79 Å². The third kappa shape index (κ3) is 7.83. The van der Waals surface area contributed by atoms with Crippen LogP contribution in [0.5, 0.6) is 0 Å². The zero-order valence-corrected chi connectivity index (χ0v) is 22.5. The van der Waals surface area contributed by atoms with Crippen LogP contribution < -0.4 is 34.7 Å². The topological polar surface area (TPSA) is 60.4 Å². The number of carbonyl (C=O) groups is 2. The summed E-state index contributed by atoms with van der Waals surface area (Å²) in [6.07, 6.45) is 4.38. The number of rotatable bonds is 11. The van der Waals surface area contributed by atoms with Crippen LogP contribution in [0.25, 0.3) is 11.1 Å². The summed E-state index contributed by atoms with van der Waals surface area (Å²) in [7, 11) is 0. The van der Waals surface area contributed by atoms with Crippen LogP contribution in [0.2, 0.25) is 0 Å². The van der Waals surface area contributed by atoms with Gasteiger partial charge in [-0.25, -0.2) is 0 Å². The molecule has 5 heteroatoms. The monoisotopic (exact) mass is 465 g/mol. The van der Waals surface area contributed by atoms with Crippen LogP contribution in [0.1, 0.15) is 61.0 Å². The minimum Gasteiger partial charge on any atom is -0.545 e. The molecule has 0 saturated heterocycles. The number of hydrogen-bond donors (Lipinski definition) is 0. The Morgan fingerprint density at radius 1 is 0.794 bits per heavy atom. The van der Waals surface area contributed by atoms with Crippen molar-refractivity contribution in [2.45, 2.75) is 58.5 Å². The van der Waals surface area contributed by atoms with Gasteiger partial charge in [0.05, 0.1) is 12.4 Å². The Labute approximate surface area is 225 Å². The molecule has 0 heterocycles. The number of aromatic carboxylic acids is 1. The first-order valence-electron chi connectivity index (χ1n) is 11.8. The van der Waals surface area contributed by atoms with Crippen LogP contribution >= 0.6 is 0 Å². The maximum Gasteiger partial charge on any atom is 1.00 e. The molecule has 3 aromatic carbocycles. The van der Waals surface area contributed by atoms with Crippen LogP contribution in [0.4, 0.5) is 0 Å². The van der Waals surface area contributed by atoms with Gasteiger partial charge in [0.2, 0.25) is 5.91 Å². The molecule has 0 fully saturated rings. The predicted molar refractivity (Wildman–Crippen MR) is 131 cm³/mol. The van der Waals surface area contributed by atoms with Crippen molar-refractivity contribution in [2.24, 2.45) is 0 Å². The maximum absolute atomic E-state index is 13.4. The Morgan fingerprint density at radius 3 is 2.00 bits per heavy atom. The van der Waals surface area contributed by atoms with Gasteiger partial charge in [0, 0.05) is 12.6 Å². The SMILES string of the molecule is CCCC(CCC)N(Cc1cccc(-c2cccc(C(=O)[O-])c2)c1)C(=O)Cc1ccccc1.[Na+]. The number of benzene rings is 3. The average Bonchev–Trinajstić information content (AvgIpc) is 2.83. The van der Waals surface area contributed by atoms with Gasteiger partial charge in [-0.15, -0.1) is 0 Å². The number of nitrogens with zero attached hydrogens (tertiary/aromatic N) is 1. The van der Waals surface area contributed by atoms with Crippen molar-refractivity contribution in [2.75, 3.05) is 0 Å². The van der Waals surface area contributed by atoms with Crippen molar-refractivity contribution in [3.63, 3.8) is 0 Å². The molecule has 0 radical (unpaired) electrons. The third-order valence-electron chi connectivity index (χ3n) is 5.91. The standard InChI is InChI=1S/C29H33NO3.Na/c1-3-10-27(11-4-2)30(28(31)19-22-12-6-5-7-13-22)21-23-14-8-15-24(18-23)25-16-9-17-26(20-25)29(32)33;/h5-9,12-18,20,27H,3-4,10-11,19,21H2,1-2H3,(H,32,33);/q;+1/p-1. The van der Waals surface area contributed by atoms with Gasteiger partial charge in [0.25, 0.3) is 0 Å². The molecular formula is C29H32NNaO3. The smallest absolute Gasteiger partial charge is 0.545 e. The minimum atomic E-state index is -1.19. The van der Waals surface area contributed by atoms with Gasteiger partial charge in [0.1, 0.15) is 0 Å². The van der Waals surface area contributed by atoms with E-state index in [1.165, 1.54) is 6.07 Å². The number of carboxylic acids is 1. The molecule has 0 aliphatic heterocycles. The first-order valence-corrected chi connectivity index (χ1v) is 11.8. The van der Waals surface area contributed by atoms with E-state index in [-0.39, 0.29) is 47.1 Å². The second-order valence-corrected chi connectivity index (χ2v) is 8.48. The van der Waals surface area contributed by atoms with Crippen molar-refractivity contribution in [1.29, 1.82) is 0 Å². The van der Waals surface area contributed by atoms with Crippen LogP contribution in [-0.2, 0) is 17.8 Å². The van der Waals surface area contributed by atoms with Crippen LogP contribution in [0, 0.1) is 0 Å². The van der Waals surface area contributed by atoms with Crippen molar-refractivity contribution in [1.82, 2.24) is 4.90 Å². The molecule has 1 amide bonds. The summed E-state index contributed by atoms with van der Waals surface area (Å²) in [4.78, 5) is 26.7. The predicted octanol–water partition coefficient (Wildman–Crippen LogP) is 2.26. The van der Waals surface area contributed by atoms with Gasteiger partial charge < -0.3 is 14.8 Å². The molecular weight excluding hydrogens is 433 g/mol. The third-order valence-corrected chi connectivity index (χ3v) is 5.91. The number of carboxylic acid groups (broad SMARTS) is 1. The first kappa shape index (κ1) is 27.8. The molecule has 3 aromatic rings. The Balaban J connectivity index is 0.00000408. The fourth-order valence-corrected chi connectivity index (χ4v) is 4.29. The summed E-state index contributed by atoms with van der Waals surface area (Å²) >= 11 is 0. The van der Waals surface area contributed by atoms with Crippen molar-refractivity contribution < 1.29 is 44.3 Å². The summed E-state index contributed by atoms with van der Waals surface area (Å²) in [6.45, 7) is 4.85. The first-order chi connectivity index (χ1) is 16.0. The molecule has 0 atom stereocenters. The van der Waals surface area contributed by atoms with Gasteiger partial charge in [0.15, 0.2) is 0 Å². The van der Waals surface area contributed by atoms with Crippen molar-refractivity contribution in [3.8, 4) is 11.1 Å². The average molecular weight is 466 g/mol. The minimum absolute atomic E-state index is 0. The van der Waals surface area contributed by atoms with E-state index in [9.17, 15) is 14.7 Å². The molecule has 0 N–H and O–H groups in total. The van der Waals surface area contributed by atoms with E-state index in [1.807, 2.05) is 65.6 Å². The molecule has 3 rings (SSSR count). The quantitative estimate of drug-likeness (QED) is 0.408. The molecule has 0 aliphatic carbocycles. The maximum atomic E-state index is 13.4. The largest absolute Gasteiger partial charge is 1.00 e. The van der Waals surface area contributed by atoms with Gasteiger partial charge in [-0.05, 0) is 52.8 Å². The summed E-state index contributed by atoms with van der Waals surface area (Å²) in [6, 6.07) is 24.9. The van der Waals surface area contributed by atoms with E-state index in [0.29, 0.717) is 13.0 Å². The molecule has 0 aliphatic rings. The molecule has 0 bridgehead atoms. The summed E-state index contributed by atoms with van der Waals surface area (Å²) in [5, 5.41) is 11.3. The summed E-state index contributed by atoms with van der Waals surface area (Å²) < 4.78 is 0. The second kappa shape index (κ2) is 14.1. The van der Waals surface area contributed by atoms with Crippen LogP contribution in [0.3, 0.4) is 0 Å². The van der Waals surface area contributed by atoms with Crippen LogP contribution in [-0.4, -0.2) is 22.8 Å². The zero-order chi connectivity index (χ0) is 23.6. The molecule has 172 valence electrons. The van der Waals surface area contributed by atoms with E-state index in [2.05, 4.69) is 13.8 Å². The Bertz CT molecular complexity index is 1060. The van der Waals surface area contributed by atoms with Crippen LogP contribution in [0.15, 0.2) is 78.9 Å². The van der Waals surface area contributed by atoms with Gasteiger partial charge in [-0.1, -0.05) is 93.4 Å². The Kier molecular flexibility index (Phi) is 11.5. The molecule has 4 nitrogen and oxygen atoms in total. The normalized spacial score (nSPS) is 10.6. The summed E-state index contributed by atoms with van der Waals surface area (Å²) in [5.41, 5.74) is 3.95.